The van der Waals surface area contributed by atoms with Crippen LogP contribution < -0.4 is 5.32 Å². The van der Waals surface area contributed by atoms with Gasteiger partial charge in [-0.1, -0.05) is 19.0 Å². The molecule has 0 aromatic carbocycles. The number of carbonyl (C=O) groups is 2. The zero-order valence-corrected chi connectivity index (χ0v) is 13.8. The van der Waals surface area contributed by atoms with Crippen molar-refractivity contribution in [2.24, 2.45) is 0 Å². The van der Waals surface area contributed by atoms with Gasteiger partial charge in [0.15, 0.2) is 5.82 Å². The third-order valence-electron chi connectivity index (χ3n) is 4.47. The summed E-state index contributed by atoms with van der Waals surface area (Å²) in [4.78, 5) is 27.4. The van der Waals surface area contributed by atoms with Crippen LogP contribution in [0.1, 0.15) is 76.4 Å². The average molecular weight is 323 g/mol. The first-order valence-electron chi connectivity index (χ1n) is 8.33. The Morgan fingerprint density at radius 1 is 1.35 bits per heavy atom. The molecule has 2 rings (SSSR count). The van der Waals surface area contributed by atoms with Gasteiger partial charge in [-0.05, 0) is 32.1 Å². The summed E-state index contributed by atoms with van der Waals surface area (Å²) in [5.41, 5.74) is -0.660. The first-order chi connectivity index (χ1) is 11.0. The van der Waals surface area contributed by atoms with Crippen LogP contribution in [0.25, 0.3) is 0 Å². The van der Waals surface area contributed by atoms with E-state index in [2.05, 4.69) is 15.5 Å². The van der Waals surface area contributed by atoms with Gasteiger partial charge in [-0.25, -0.2) is 0 Å². The van der Waals surface area contributed by atoms with Gasteiger partial charge in [0, 0.05) is 24.3 Å². The molecule has 23 heavy (non-hydrogen) atoms. The Morgan fingerprint density at radius 3 is 2.61 bits per heavy atom. The number of carbonyl (C=O) groups excluding carboxylic acids is 1. The maximum atomic E-state index is 12.1. The second-order valence-electron chi connectivity index (χ2n) is 6.28. The molecular weight excluding hydrogens is 298 g/mol. The number of aromatic nitrogens is 2. The van der Waals surface area contributed by atoms with Gasteiger partial charge in [-0.3, -0.25) is 9.59 Å². The minimum Gasteiger partial charge on any atom is -0.481 e. The van der Waals surface area contributed by atoms with Crippen molar-refractivity contribution < 1.29 is 19.2 Å². The van der Waals surface area contributed by atoms with Crippen LogP contribution >= 0.6 is 0 Å². The second-order valence-corrected chi connectivity index (χ2v) is 6.28. The molecule has 0 atom stereocenters. The van der Waals surface area contributed by atoms with Gasteiger partial charge < -0.3 is 14.9 Å². The lowest BCUT2D eigenvalue weighted by atomic mass is 9.88. The van der Waals surface area contributed by atoms with Crippen LogP contribution in [-0.2, 0) is 16.0 Å². The Kier molecular flexibility index (Phi) is 5.74. The van der Waals surface area contributed by atoms with E-state index in [1.54, 1.807) is 0 Å². The largest absolute Gasteiger partial charge is 0.481 e. The number of nitrogens with zero attached hydrogens (tertiary/aromatic N) is 2. The minimum atomic E-state index is -0.896. The molecule has 1 amide bonds. The van der Waals surface area contributed by atoms with E-state index in [0.29, 0.717) is 43.9 Å². The molecule has 1 aliphatic rings. The second kappa shape index (κ2) is 7.57. The van der Waals surface area contributed by atoms with E-state index in [0.717, 1.165) is 18.7 Å². The molecule has 0 spiro atoms. The van der Waals surface area contributed by atoms with Crippen molar-refractivity contribution in [1.82, 2.24) is 15.5 Å². The fourth-order valence-corrected chi connectivity index (χ4v) is 2.65. The van der Waals surface area contributed by atoms with E-state index in [-0.39, 0.29) is 12.3 Å². The molecule has 1 fully saturated rings. The lowest BCUT2D eigenvalue weighted by Gasteiger charge is -2.31. The molecule has 7 nitrogen and oxygen atoms in total. The first kappa shape index (κ1) is 17.4. The topological polar surface area (TPSA) is 105 Å². The highest BCUT2D eigenvalue weighted by Crippen LogP contribution is 2.38. The summed E-state index contributed by atoms with van der Waals surface area (Å²) in [6.07, 6.45) is 4.88. The number of carboxylic acids is 1. The molecule has 1 aromatic rings. The Bertz CT molecular complexity index is 547. The van der Waals surface area contributed by atoms with Crippen molar-refractivity contribution in [2.75, 3.05) is 0 Å². The molecule has 1 saturated carbocycles. The molecular formula is C16H25N3O4. The molecule has 0 saturated heterocycles. The lowest BCUT2D eigenvalue weighted by Crippen LogP contribution is -2.49. The molecule has 1 aromatic heterocycles. The van der Waals surface area contributed by atoms with Crippen LogP contribution in [0.2, 0.25) is 0 Å². The van der Waals surface area contributed by atoms with Crippen LogP contribution in [0.15, 0.2) is 4.52 Å². The highest BCUT2D eigenvalue weighted by Gasteiger charge is 2.31. The van der Waals surface area contributed by atoms with E-state index in [9.17, 15) is 9.59 Å². The highest BCUT2D eigenvalue weighted by molar-refractivity contribution is 5.78. The number of aryl methyl sites for hydroxylation is 1. The molecule has 1 aliphatic carbocycles. The number of carboxylic acid groups (broad SMARTS) is 1. The summed E-state index contributed by atoms with van der Waals surface area (Å²) in [6, 6.07) is 0. The summed E-state index contributed by atoms with van der Waals surface area (Å²) in [7, 11) is 0. The molecule has 0 unspecified atom stereocenters. The predicted molar refractivity (Wildman–Crippen MR) is 82.9 cm³/mol. The monoisotopic (exact) mass is 323 g/mol. The van der Waals surface area contributed by atoms with Gasteiger partial charge in [0.2, 0.25) is 11.8 Å². The van der Waals surface area contributed by atoms with E-state index in [1.165, 1.54) is 0 Å². The van der Waals surface area contributed by atoms with Gasteiger partial charge >= 0.3 is 5.97 Å². The third kappa shape index (κ3) is 5.04. The van der Waals surface area contributed by atoms with Gasteiger partial charge in [0.1, 0.15) is 0 Å². The van der Waals surface area contributed by atoms with E-state index in [1.807, 2.05) is 13.8 Å². The van der Waals surface area contributed by atoms with Crippen molar-refractivity contribution in [3.05, 3.63) is 11.7 Å². The number of amides is 1. The summed E-state index contributed by atoms with van der Waals surface area (Å²) >= 11 is 0. The van der Waals surface area contributed by atoms with Crippen molar-refractivity contribution in [3.63, 3.8) is 0 Å². The van der Waals surface area contributed by atoms with Crippen molar-refractivity contribution in [3.8, 4) is 0 Å². The van der Waals surface area contributed by atoms with Gasteiger partial charge in [0.25, 0.3) is 0 Å². The zero-order valence-electron chi connectivity index (χ0n) is 13.8. The average Bonchev–Trinajstić information content (AvgIpc) is 3.26. The number of aliphatic carboxylic acids is 1. The highest BCUT2D eigenvalue weighted by atomic mass is 16.5. The van der Waals surface area contributed by atoms with Gasteiger partial charge in [-0.15, -0.1) is 0 Å². The summed E-state index contributed by atoms with van der Waals surface area (Å²) < 4.78 is 5.17. The van der Waals surface area contributed by atoms with E-state index >= 15 is 0 Å². The normalized spacial score (nSPS) is 14.7. The fraction of sp³-hybridized carbons (Fsp3) is 0.750. The fourth-order valence-electron chi connectivity index (χ4n) is 2.65. The van der Waals surface area contributed by atoms with Crippen molar-refractivity contribution >= 4 is 11.9 Å². The Balaban J connectivity index is 1.77. The van der Waals surface area contributed by atoms with Gasteiger partial charge in [-0.2, -0.15) is 4.98 Å². The molecule has 2 N–H and O–H groups in total. The van der Waals surface area contributed by atoms with Crippen LogP contribution in [-0.4, -0.2) is 32.7 Å². The quantitative estimate of drug-likeness (QED) is 0.685. The number of hydrogen-bond donors (Lipinski definition) is 2. The van der Waals surface area contributed by atoms with Gasteiger partial charge in [0.05, 0.1) is 6.42 Å². The zero-order chi connectivity index (χ0) is 16.9. The molecule has 0 aliphatic heterocycles. The Hall–Kier alpha value is -1.92. The van der Waals surface area contributed by atoms with E-state index < -0.39 is 11.5 Å². The van der Waals surface area contributed by atoms with Crippen molar-refractivity contribution in [1.29, 1.82) is 0 Å². The summed E-state index contributed by atoms with van der Waals surface area (Å²) in [5.74, 6) is 0.787. The number of hydrogen-bond acceptors (Lipinski definition) is 5. The molecule has 128 valence electrons. The molecule has 7 heteroatoms. The van der Waals surface area contributed by atoms with Crippen LogP contribution in [0, 0.1) is 0 Å². The summed E-state index contributed by atoms with van der Waals surface area (Å²) in [5, 5.41) is 15.9. The minimum absolute atomic E-state index is 0.0554. The van der Waals surface area contributed by atoms with Crippen LogP contribution in [0.5, 0.6) is 0 Å². The van der Waals surface area contributed by atoms with Crippen LogP contribution in [0.3, 0.4) is 0 Å². The van der Waals surface area contributed by atoms with E-state index in [4.69, 9.17) is 9.63 Å². The molecule has 0 radical (unpaired) electrons. The predicted octanol–water partition coefficient (Wildman–Crippen LogP) is 2.42. The standard InChI is InChI=1S/C16H25N3O4/c1-3-16(4-2,10-14(21)22)18-12(20)6-5-7-13-17-15(19-23-13)11-8-9-11/h11H,3-10H2,1-2H3,(H,18,20)(H,21,22). The smallest absolute Gasteiger partial charge is 0.305 e. The summed E-state index contributed by atoms with van der Waals surface area (Å²) in [6.45, 7) is 3.79. The Labute approximate surface area is 135 Å². The Morgan fingerprint density at radius 2 is 2.04 bits per heavy atom. The maximum Gasteiger partial charge on any atom is 0.305 e. The molecule has 1 heterocycles. The lowest BCUT2D eigenvalue weighted by molar-refractivity contribution is -0.139. The number of nitrogens with one attached hydrogen (secondary N) is 1. The third-order valence-corrected chi connectivity index (χ3v) is 4.47. The first-order valence-corrected chi connectivity index (χ1v) is 8.33. The SMILES string of the molecule is CCC(CC)(CC(=O)O)NC(=O)CCCc1nc(C2CC2)no1. The van der Waals surface area contributed by atoms with Crippen molar-refractivity contribution in [2.45, 2.75) is 76.7 Å². The maximum absolute atomic E-state index is 12.1. The molecule has 0 bridgehead atoms. The van der Waals surface area contributed by atoms with Crippen LogP contribution in [0.4, 0.5) is 0 Å². The number of rotatable bonds is 10.